The van der Waals surface area contributed by atoms with E-state index in [-0.39, 0.29) is 23.6 Å². The van der Waals surface area contributed by atoms with Crippen molar-refractivity contribution in [2.45, 2.75) is 78.1 Å². The number of nitrogens with zero attached hydrogens (tertiary/aromatic N) is 6. The summed E-state index contributed by atoms with van der Waals surface area (Å²) in [4.78, 5) is 36.0. The summed E-state index contributed by atoms with van der Waals surface area (Å²) in [5, 5.41) is 21.8. The van der Waals surface area contributed by atoms with Gasteiger partial charge in [0.2, 0.25) is 0 Å². The van der Waals surface area contributed by atoms with Gasteiger partial charge in [0, 0.05) is 18.7 Å². The highest BCUT2D eigenvalue weighted by Crippen LogP contribution is 2.42. The van der Waals surface area contributed by atoms with Crippen LogP contribution in [-0.4, -0.2) is 66.1 Å². The molecule has 1 N–H and O–H groups in total. The molecule has 2 fully saturated rings. The van der Waals surface area contributed by atoms with Crippen LogP contribution in [0.3, 0.4) is 0 Å². The van der Waals surface area contributed by atoms with Gasteiger partial charge in [0.05, 0.1) is 29.3 Å². The minimum atomic E-state index is -0.601. The zero-order chi connectivity index (χ0) is 33.2. The molecule has 2 aromatic heterocycles. The first-order chi connectivity index (χ1) is 22.3. The Balaban J connectivity index is 1.37. The second-order valence-electron chi connectivity index (χ2n) is 14.3. The van der Waals surface area contributed by atoms with Crippen LogP contribution in [0.2, 0.25) is 0 Å². The minimum Gasteiger partial charge on any atom is -0.508 e. The smallest absolute Gasteiger partial charge is 0.411 e. The Morgan fingerprint density at radius 1 is 1.06 bits per heavy atom. The quantitative estimate of drug-likeness (QED) is 0.244. The normalized spacial score (nSPS) is 19.5. The van der Waals surface area contributed by atoms with Crippen LogP contribution in [0.1, 0.15) is 57.2 Å². The van der Waals surface area contributed by atoms with Crippen molar-refractivity contribution in [3.8, 4) is 17.0 Å². The highest BCUT2D eigenvalue weighted by molar-refractivity contribution is 5.98. The van der Waals surface area contributed by atoms with Crippen LogP contribution in [0.25, 0.3) is 33.1 Å². The summed E-state index contributed by atoms with van der Waals surface area (Å²) in [5.41, 5.74) is 4.11. The van der Waals surface area contributed by atoms with E-state index in [9.17, 15) is 14.7 Å². The first kappa shape index (κ1) is 30.7. The molecule has 47 heavy (non-hydrogen) atoms. The molecule has 10 heteroatoms. The maximum atomic E-state index is 14.0. The van der Waals surface area contributed by atoms with Crippen LogP contribution in [0.15, 0.2) is 65.5 Å². The molecular weight excluding hydrogens is 592 g/mol. The van der Waals surface area contributed by atoms with Gasteiger partial charge in [0.25, 0.3) is 0 Å². The second-order valence-corrected chi connectivity index (χ2v) is 14.3. The van der Waals surface area contributed by atoms with E-state index < -0.39 is 11.1 Å². The van der Waals surface area contributed by atoms with Gasteiger partial charge in [-0.25, -0.2) is 9.59 Å². The maximum absolute atomic E-state index is 14.0. The number of aromatic hydroxyl groups is 1. The van der Waals surface area contributed by atoms with Crippen LogP contribution in [-0.2, 0) is 11.3 Å². The van der Waals surface area contributed by atoms with Crippen molar-refractivity contribution < 1.29 is 14.6 Å². The van der Waals surface area contributed by atoms with Crippen LogP contribution in [0, 0.1) is 13.8 Å². The van der Waals surface area contributed by atoms with E-state index >= 15 is 0 Å². The van der Waals surface area contributed by atoms with E-state index in [1.807, 2.05) is 82.0 Å². The molecule has 242 valence electrons. The van der Waals surface area contributed by atoms with Crippen molar-refractivity contribution >= 4 is 33.7 Å². The number of fused-ring (bicyclic) bond motifs is 4. The predicted octanol–water partition coefficient (Wildman–Crippen LogP) is 6.36. The molecule has 2 saturated heterocycles. The van der Waals surface area contributed by atoms with Gasteiger partial charge in [-0.1, -0.05) is 48.0 Å². The number of aromatic nitrogens is 4. The molecule has 10 nitrogen and oxygen atoms in total. The zero-order valence-electron chi connectivity index (χ0n) is 27.7. The summed E-state index contributed by atoms with van der Waals surface area (Å²) in [7, 11) is 0. The number of hydrogen-bond donors (Lipinski definition) is 1. The van der Waals surface area contributed by atoms with E-state index in [1.54, 1.807) is 16.7 Å². The van der Waals surface area contributed by atoms with Gasteiger partial charge in [0.15, 0.2) is 11.3 Å². The lowest BCUT2D eigenvalue weighted by atomic mass is 9.98. The Kier molecular flexibility index (Phi) is 7.22. The van der Waals surface area contributed by atoms with E-state index in [0.29, 0.717) is 42.2 Å². The molecule has 0 saturated carbocycles. The summed E-state index contributed by atoms with van der Waals surface area (Å²) < 4.78 is 7.46. The number of carbonyl (C=O) groups excluding carboxylic acids is 1. The van der Waals surface area contributed by atoms with Crippen LogP contribution in [0.4, 0.5) is 10.6 Å². The average Bonchev–Trinajstić information content (AvgIpc) is 3.22. The average molecular weight is 633 g/mol. The highest BCUT2D eigenvalue weighted by Gasteiger charge is 2.52. The summed E-state index contributed by atoms with van der Waals surface area (Å²) in [6.07, 6.45) is 1.33. The van der Waals surface area contributed by atoms with E-state index in [4.69, 9.17) is 9.84 Å². The number of hydrogen-bond acceptors (Lipinski definition) is 8. The number of carbonyl (C=O) groups is 1. The molecule has 2 atom stereocenters. The summed E-state index contributed by atoms with van der Waals surface area (Å²) >= 11 is 0. The molecule has 3 aromatic carbocycles. The van der Waals surface area contributed by atoms with Crippen LogP contribution in [0.5, 0.6) is 5.75 Å². The zero-order valence-corrected chi connectivity index (χ0v) is 27.7. The van der Waals surface area contributed by atoms with E-state index in [0.717, 1.165) is 45.9 Å². The standard InChI is InChI=1S/C37H40N6O4/c1-22-11-12-25(23(2)15-22)19-42-31-18-30(29-17-27(44)16-24-9-7-8-10-28(24)29)39-40-32(31)33(38-34(42)45)41-20-26-13-14-37(6,21-41)43(26)35(46)47-36(3,4)5/h7-12,15-18,26,44H,13-14,19-21H2,1-6H3/t26-,37+/m1/s1. The van der Waals surface area contributed by atoms with Gasteiger partial charge in [-0.05, 0) is 94.5 Å². The molecule has 7 rings (SSSR count). The number of rotatable bonds is 4. The largest absolute Gasteiger partial charge is 0.508 e. The lowest BCUT2D eigenvalue weighted by molar-refractivity contribution is -0.00279. The van der Waals surface area contributed by atoms with Crippen molar-refractivity contribution in [1.29, 1.82) is 0 Å². The third kappa shape index (κ3) is 5.55. The monoisotopic (exact) mass is 632 g/mol. The highest BCUT2D eigenvalue weighted by atomic mass is 16.6. The van der Waals surface area contributed by atoms with Crippen molar-refractivity contribution in [2.24, 2.45) is 0 Å². The molecule has 5 aromatic rings. The molecular formula is C37H40N6O4. The summed E-state index contributed by atoms with van der Waals surface area (Å²) in [6, 6.07) is 19.2. The third-order valence-electron chi connectivity index (χ3n) is 9.47. The lowest BCUT2D eigenvalue weighted by Crippen LogP contribution is -2.63. The van der Waals surface area contributed by atoms with Gasteiger partial charge >= 0.3 is 11.8 Å². The Hall–Kier alpha value is -4.99. The third-order valence-corrected chi connectivity index (χ3v) is 9.47. The van der Waals surface area contributed by atoms with Crippen LogP contribution < -0.4 is 10.6 Å². The van der Waals surface area contributed by atoms with Crippen molar-refractivity contribution in [1.82, 2.24) is 24.6 Å². The number of anilines is 1. The first-order valence-corrected chi connectivity index (χ1v) is 16.1. The Labute approximate surface area is 273 Å². The van der Waals surface area contributed by atoms with Gasteiger partial charge in [-0.2, -0.15) is 4.98 Å². The van der Waals surface area contributed by atoms with Gasteiger partial charge in [-0.3, -0.25) is 9.47 Å². The molecule has 0 unspecified atom stereocenters. The molecule has 2 bridgehead atoms. The molecule has 0 spiro atoms. The summed E-state index contributed by atoms with van der Waals surface area (Å²) in [6.45, 7) is 13.1. The Morgan fingerprint density at radius 2 is 1.85 bits per heavy atom. The molecule has 4 heterocycles. The topological polar surface area (TPSA) is 114 Å². The molecule has 0 radical (unpaired) electrons. The minimum absolute atomic E-state index is 0.0935. The number of phenols is 1. The van der Waals surface area contributed by atoms with Gasteiger partial charge in [0.1, 0.15) is 11.4 Å². The Bertz CT molecular complexity index is 2120. The van der Waals surface area contributed by atoms with Gasteiger partial charge in [-0.15, -0.1) is 10.2 Å². The van der Waals surface area contributed by atoms with Crippen LogP contribution >= 0.6 is 0 Å². The number of piperazine rings is 1. The fourth-order valence-electron chi connectivity index (χ4n) is 7.33. The molecule has 2 aliphatic heterocycles. The molecule has 0 aliphatic carbocycles. The van der Waals surface area contributed by atoms with Gasteiger partial charge < -0.3 is 14.7 Å². The van der Waals surface area contributed by atoms with Crippen molar-refractivity contribution in [2.75, 3.05) is 18.0 Å². The second kappa shape index (κ2) is 11.1. The number of ether oxygens (including phenoxy) is 1. The maximum Gasteiger partial charge on any atom is 0.411 e. The molecule has 1 amide bonds. The number of amides is 1. The number of benzene rings is 3. The number of phenolic OH excluding ortho intramolecular Hbond substituents is 1. The van der Waals surface area contributed by atoms with Crippen molar-refractivity contribution in [3.05, 3.63) is 87.8 Å². The lowest BCUT2D eigenvalue weighted by Gasteiger charge is -2.47. The van der Waals surface area contributed by atoms with E-state index in [2.05, 4.69) is 28.0 Å². The summed E-state index contributed by atoms with van der Waals surface area (Å²) in [5.74, 6) is 0.582. The fourth-order valence-corrected chi connectivity index (χ4v) is 7.33. The Morgan fingerprint density at radius 3 is 2.60 bits per heavy atom. The van der Waals surface area contributed by atoms with E-state index in [1.165, 1.54) is 0 Å². The predicted molar refractivity (Wildman–Crippen MR) is 183 cm³/mol. The molecule has 2 aliphatic rings. The SMILES string of the molecule is Cc1ccc(Cn2c(=O)nc(N3C[C@H]4CC[C@@](C)(C3)N4C(=O)OC(C)(C)C)c3nnc(-c4cc(O)cc5ccccc45)cc32)c(C)c1. The first-order valence-electron chi connectivity index (χ1n) is 16.1. The fraction of sp³-hybridized carbons (Fsp3) is 0.378. The number of aryl methyl sites for hydroxylation is 2. The van der Waals surface area contributed by atoms with Crippen molar-refractivity contribution in [3.63, 3.8) is 0 Å².